The van der Waals surface area contributed by atoms with E-state index in [2.05, 4.69) is 0 Å². The summed E-state index contributed by atoms with van der Waals surface area (Å²) < 4.78 is 12.8. The van der Waals surface area contributed by atoms with E-state index in [0.29, 0.717) is 6.54 Å². The molecule has 0 aliphatic carbocycles. The lowest BCUT2D eigenvalue weighted by Gasteiger charge is -2.17. The maximum absolute atomic E-state index is 12.8. The molecule has 1 rings (SSSR count). The molecule has 1 aromatic rings. The molecule has 0 saturated carbocycles. The van der Waals surface area contributed by atoms with Crippen LogP contribution < -0.4 is 5.73 Å². The molecule has 2 nitrogen and oxygen atoms in total. The molecule has 0 aliphatic rings. The van der Waals surface area contributed by atoms with E-state index in [0.717, 1.165) is 5.56 Å². The molecule has 4 heteroatoms. The Morgan fingerprint density at radius 3 is 2.64 bits per heavy atom. The number of nitrogens with zero attached hydrogens (tertiary/aromatic N) is 1. The highest BCUT2D eigenvalue weighted by Crippen LogP contribution is 2.19. The predicted octanol–water partition coefficient (Wildman–Crippen LogP) is 2.04. The van der Waals surface area contributed by atoms with Crippen LogP contribution in [0.5, 0.6) is 0 Å². The van der Waals surface area contributed by atoms with E-state index in [4.69, 9.17) is 17.3 Å². The van der Waals surface area contributed by atoms with Crippen molar-refractivity contribution in [2.45, 2.75) is 6.04 Å². The van der Waals surface area contributed by atoms with Gasteiger partial charge in [0.15, 0.2) is 0 Å². The lowest BCUT2D eigenvalue weighted by atomic mass is 10.1. The summed E-state index contributed by atoms with van der Waals surface area (Å²) in [6.07, 6.45) is 0. The molecule has 0 fully saturated rings. The molecule has 0 aliphatic heterocycles. The third-order valence-electron chi connectivity index (χ3n) is 1.93. The van der Waals surface area contributed by atoms with E-state index in [1.54, 1.807) is 12.1 Å². The zero-order valence-electron chi connectivity index (χ0n) is 8.30. The highest BCUT2D eigenvalue weighted by molar-refractivity contribution is 6.30. The quantitative estimate of drug-likeness (QED) is 0.838. The standard InChI is InChI=1S/C10H14ClFN2/c1-14(2)6-10(13)7-3-4-9(12)8(11)5-7/h3-5,10H,6,13H2,1-2H3. The predicted molar refractivity (Wildman–Crippen MR) is 56.9 cm³/mol. The summed E-state index contributed by atoms with van der Waals surface area (Å²) in [7, 11) is 3.87. The van der Waals surface area contributed by atoms with Gasteiger partial charge < -0.3 is 10.6 Å². The van der Waals surface area contributed by atoms with Crippen LogP contribution in [0.25, 0.3) is 0 Å². The Labute approximate surface area is 88.5 Å². The van der Waals surface area contributed by atoms with Crippen LogP contribution in [-0.2, 0) is 0 Å². The molecule has 78 valence electrons. The molecule has 1 unspecified atom stereocenters. The van der Waals surface area contributed by atoms with E-state index in [9.17, 15) is 4.39 Å². The second kappa shape index (κ2) is 4.73. The summed E-state index contributed by atoms with van der Waals surface area (Å²) >= 11 is 5.65. The van der Waals surface area contributed by atoms with Crippen molar-refractivity contribution in [3.05, 3.63) is 34.6 Å². The van der Waals surface area contributed by atoms with Gasteiger partial charge in [0.25, 0.3) is 0 Å². The normalized spacial score (nSPS) is 13.3. The van der Waals surface area contributed by atoms with Gasteiger partial charge in [-0.25, -0.2) is 4.39 Å². The SMILES string of the molecule is CN(C)CC(N)c1ccc(F)c(Cl)c1. The first kappa shape index (κ1) is 11.4. The minimum Gasteiger partial charge on any atom is -0.323 e. The highest BCUT2D eigenvalue weighted by atomic mass is 35.5. The fraction of sp³-hybridized carbons (Fsp3) is 0.400. The van der Waals surface area contributed by atoms with Gasteiger partial charge in [0.05, 0.1) is 5.02 Å². The van der Waals surface area contributed by atoms with Crippen LogP contribution >= 0.6 is 11.6 Å². The monoisotopic (exact) mass is 216 g/mol. The van der Waals surface area contributed by atoms with Crippen molar-refractivity contribution in [3.8, 4) is 0 Å². The minimum absolute atomic E-state index is 0.122. The van der Waals surface area contributed by atoms with E-state index in [1.807, 2.05) is 19.0 Å². The third kappa shape index (κ3) is 2.94. The van der Waals surface area contributed by atoms with Crippen LogP contribution in [-0.4, -0.2) is 25.5 Å². The van der Waals surface area contributed by atoms with Crippen molar-refractivity contribution in [1.82, 2.24) is 4.90 Å². The summed E-state index contributed by atoms with van der Waals surface area (Å²) in [5.74, 6) is -0.410. The molecule has 1 atom stereocenters. The van der Waals surface area contributed by atoms with Gasteiger partial charge in [-0.05, 0) is 31.8 Å². The Morgan fingerprint density at radius 2 is 2.14 bits per heavy atom. The zero-order valence-corrected chi connectivity index (χ0v) is 9.05. The highest BCUT2D eigenvalue weighted by Gasteiger charge is 2.09. The maximum Gasteiger partial charge on any atom is 0.141 e. The van der Waals surface area contributed by atoms with Crippen LogP contribution in [0.2, 0.25) is 5.02 Å². The number of hydrogen-bond acceptors (Lipinski definition) is 2. The molecule has 0 heterocycles. The minimum atomic E-state index is -0.410. The molecule has 0 bridgehead atoms. The average Bonchev–Trinajstić information content (AvgIpc) is 2.08. The van der Waals surface area contributed by atoms with E-state index in [1.165, 1.54) is 6.07 Å². The van der Waals surface area contributed by atoms with E-state index < -0.39 is 5.82 Å². The van der Waals surface area contributed by atoms with E-state index >= 15 is 0 Å². The second-order valence-corrected chi connectivity index (χ2v) is 3.95. The van der Waals surface area contributed by atoms with Gasteiger partial charge in [0.2, 0.25) is 0 Å². The Balaban J connectivity index is 2.80. The molecule has 0 radical (unpaired) electrons. The summed E-state index contributed by atoms with van der Waals surface area (Å²) in [6.45, 7) is 0.710. The Bertz CT molecular complexity index is 315. The van der Waals surface area contributed by atoms with Gasteiger partial charge in [-0.3, -0.25) is 0 Å². The fourth-order valence-electron chi connectivity index (χ4n) is 1.24. The molecule has 1 aromatic carbocycles. The van der Waals surface area contributed by atoms with Crippen LogP contribution in [0.1, 0.15) is 11.6 Å². The van der Waals surface area contributed by atoms with Crippen LogP contribution in [0.15, 0.2) is 18.2 Å². The Hall–Kier alpha value is -0.640. The second-order valence-electron chi connectivity index (χ2n) is 3.54. The summed E-state index contributed by atoms with van der Waals surface area (Å²) in [6, 6.07) is 4.44. The molecule has 14 heavy (non-hydrogen) atoms. The first-order valence-electron chi connectivity index (χ1n) is 4.36. The number of benzene rings is 1. The van der Waals surface area contributed by atoms with Gasteiger partial charge in [0.1, 0.15) is 5.82 Å². The summed E-state index contributed by atoms with van der Waals surface area (Å²) in [5, 5.41) is 0.122. The third-order valence-corrected chi connectivity index (χ3v) is 2.22. The molecule has 0 amide bonds. The number of hydrogen-bond donors (Lipinski definition) is 1. The molecule has 2 N–H and O–H groups in total. The number of halogens is 2. The van der Waals surface area contributed by atoms with Gasteiger partial charge in [0, 0.05) is 12.6 Å². The van der Waals surface area contributed by atoms with Crippen molar-refractivity contribution in [3.63, 3.8) is 0 Å². The zero-order chi connectivity index (χ0) is 10.7. The fourth-order valence-corrected chi connectivity index (χ4v) is 1.43. The Morgan fingerprint density at radius 1 is 1.50 bits per heavy atom. The van der Waals surface area contributed by atoms with Gasteiger partial charge in [-0.1, -0.05) is 17.7 Å². The van der Waals surface area contributed by atoms with E-state index in [-0.39, 0.29) is 11.1 Å². The lowest BCUT2D eigenvalue weighted by Crippen LogP contribution is -2.25. The molecular formula is C10H14ClFN2. The van der Waals surface area contributed by atoms with Crippen molar-refractivity contribution in [2.75, 3.05) is 20.6 Å². The van der Waals surface area contributed by atoms with Gasteiger partial charge in [-0.2, -0.15) is 0 Å². The van der Waals surface area contributed by atoms with Crippen LogP contribution in [0.3, 0.4) is 0 Å². The van der Waals surface area contributed by atoms with Crippen molar-refractivity contribution in [2.24, 2.45) is 5.73 Å². The molecule has 0 saturated heterocycles. The maximum atomic E-state index is 12.8. The lowest BCUT2D eigenvalue weighted by molar-refractivity contribution is 0.376. The largest absolute Gasteiger partial charge is 0.323 e. The topological polar surface area (TPSA) is 29.3 Å². The van der Waals surface area contributed by atoms with Crippen molar-refractivity contribution in [1.29, 1.82) is 0 Å². The smallest absolute Gasteiger partial charge is 0.141 e. The molecule has 0 aromatic heterocycles. The number of rotatable bonds is 3. The molecular weight excluding hydrogens is 203 g/mol. The summed E-state index contributed by atoms with van der Waals surface area (Å²) in [5.41, 5.74) is 6.74. The molecule has 0 spiro atoms. The van der Waals surface area contributed by atoms with Gasteiger partial charge in [-0.15, -0.1) is 0 Å². The van der Waals surface area contributed by atoms with Crippen LogP contribution in [0, 0.1) is 5.82 Å². The number of nitrogens with two attached hydrogens (primary N) is 1. The number of likely N-dealkylation sites (N-methyl/N-ethyl adjacent to an activating group) is 1. The Kier molecular flexibility index (Phi) is 3.86. The van der Waals surface area contributed by atoms with Crippen LogP contribution in [0.4, 0.5) is 4.39 Å². The average molecular weight is 217 g/mol. The first-order valence-corrected chi connectivity index (χ1v) is 4.73. The summed E-state index contributed by atoms with van der Waals surface area (Å²) in [4.78, 5) is 1.97. The van der Waals surface area contributed by atoms with Crippen molar-refractivity contribution < 1.29 is 4.39 Å². The first-order chi connectivity index (χ1) is 6.50. The van der Waals surface area contributed by atoms with Crippen molar-refractivity contribution >= 4 is 11.6 Å². The van der Waals surface area contributed by atoms with Gasteiger partial charge >= 0.3 is 0 Å².